The molecule has 82 valence electrons. The lowest BCUT2D eigenvalue weighted by molar-refractivity contribution is 0.00782. The van der Waals surface area contributed by atoms with E-state index in [-0.39, 0.29) is 5.92 Å². The Balaban J connectivity index is 2.25. The van der Waals surface area contributed by atoms with Gasteiger partial charge in [-0.25, -0.2) is 0 Å². The van der Waals surface area contributed by atoms with Crippen LogP contribution in [0.4, 0.5) is 0 Å². The van der Waals surface area contributed by atoms with Crippen LogP contribution in [0.2, 0.25) is 0 Å². The third-order valence-corrected chi connectivity index (χ3v) is 3.71. The van der Waals surface area contributed by atoms with Gasteiger partial charge >= 0.3 is 0 Å². The van der Waals surface area contributed by atoms with Crippen molar-refractivity contribution in [2.75, 3.05) is 13.1 Å². The number of rotatable bonds is 1. The van der Waals surface area contributed by atoms with E-state index in [1.54, 1.807) is 0 Å². The Kier molecular flexibility index (Phi) is 3.14. The minimum Gasteiger partial charge on any atom is -0.389 e. The molecule has 0 aliphatic carbocycles. The first kappa shape index (κ1) is 11.1. The largest absolute Gasteiger partial charge is 0.389 e. The van der Waals surface area contributed by atoms with E-state index < -0.39 is 5.60 Å². The molecule has 0 bridgehead atoms. The maximum atomic E-state index is 10.3. The number of piperidine rings is 1. The molecule has 0 spiro atoms. The zero-order valence-corrected chi connectivity index (χ0v) is 10.4. The Labute approximate surface area is 98.8 Å². The average molecular weight is 270 g/mol. The molecule has 15 heavy (non-hydrogen) atoms. The Morgan fingerprint density at radius 2 is 2.07 bits per heavy atom. The fourth-order valence-corrected chi connectivity index (χ4v) is 2.42. The average Bonchev–Trinajstić information content (AvgIpc) is 2.19. The molecule has 1 heterocycles. The highest BCUT2D eigenvalue weighted by Crippen LogP contribution is 2.33. The lowest BCUT2D eigenvalue weighted by Crippen LogP contribution is -2.46. The second kappa shape index (κ2) is 4.24. The summed E-state index contributed by atoms with van der Waals surface area (Å²) < 4.78 is 1.08. The summed E-state index contributed by atoms with van der Waals surface area (Å²) in [6.45, 7) is 3.69. The summed E-state index contributed by atoms with van der Waals surface area (Å²) in [4.78, 5) is 0. The summed E-state index contributed by atoms with van der Waals surface area (Å²) in [5.74, 6) is 0.194. The molecule has 3 heteroatoms. The number of hydrogen-bond acceptors (Lipinski definition) is 2. The normalized spacial score (nSPS) is 31.5. The van der Waals surface area contributed by atoms with E-state index in [1.165, 1.54) is 5.56 Å². The minimum absolute atomic E-state index is 0.194. The van der Waals surface area contributed by atoms with Crippen LogP contribution in [0.3, 0.4) is 0 Å². The number of aliphatic hydroxyl groups is 1. The lowest BCUT2D eigenvalue weighted by atomic mass is 9.79. The van der Waals surface area contributed by atoms with Crippen molar-refractivity contribution < 1.29 is 5.11 Å². The topological polar surface area (TPSA) is 32.3 Å². The summed E-state index contributed by atoms with van der Waals surface area (Å²) in [5, 5.41) is 13.6. The summed E-state index contributed by atoms with van der Waals surface area (Å²) >= 11 is 3.42. The molecule has 2 rings (SSSR count). The summed E-state index contributed by atoms with van der Waals surface area (Å²) in [6.07, 6.45) is 0.813. The van der Waals surface area contributed by atoms with Crippen molar-refractivity contribution in [2.24, 2.45) is 0 Å². The number of halogens is 1. The van der Waals surface area contributed by atoms with Gasteiger partial charge in [-0.15, -0.1) is 0 Å². The van der Waals surface area contributed by atoms with E-state index in [4.69, 9.17) is 0 Å². The highest BCUT2D eigenvalue weighted by atomic mass is 79.9. The standard InChI is InChI=1S/C12H16BrNO/c1-12(15)6-7-14-8-11(12)9-2-4-10(13)5-3-9/h2-5,11,14-15H,6-8H2,1H3. The van der Waals surface area contributed by atoms with Crippen molar-refractivity contribution in [2.45, 2.75) is 24.9 Å². The Morgan fingerprint density at radius 1 is 1.40 bits per heavy atom. The minimum atomic E-state index is -0.584. The third-order valence-electron chi connectivity index (χ3n) is 3.18. The predicted molar refractivity (Wildman–Crippen MR) is 65.0 cm³/mol. The first-order valence-corrected chi connectivity index (χ1v) is 6.07. The Hall–Kier alpha value is -0.380. The molecule has 2 N–H and O–H groups in total. The molecule has 2 nitrogen and oxygen atoms in total. The zero-order chi connectivity index (χ0) is 10.9. The summed E-state index contributed by atoms with van der Waals surface area (Å²) in [5.41, 5.74) is 0.620. The Bertz CT molecular complexity index is 334. The van der Waals surface area contributed by atoms with Crippen LogP contribution in [0.1, 0.15) is 24.8 Å². The van der Waals surface area contributed by atoms with Crippen LogP contribution in [-0.4, -0.2) is 23.8 Å². The van der Waals surface area contributed by atoms with Crippen LogP contribution in [0.25, 0.3) is 0 Å². The molecule has 0 aromatic heterocycles. The smallest absolute Gasteiger partial charge is 0.0712 e. The first-order chi connectivity index (χ1) is 7.09. The van der Waals surface area contributed by atoms with E-state index in [1.807, 2.05) is 19.1 Å². The highest BCUT2D eigenvalue weighted by Gasteiger charge is 2.35. The molecular formula is C12H16BrNO. The van der Waals surface area contributed by atoms with Gasteiger partial charge in [0.25, 0.3) is 0 Å². The van der Waals surface area contributed by atoms with Gasteiger partial charge in [0.15, 0.2) is 0 Å². The van der Waals surface area contributed by atoms with Crippen molar-refractivity contribution >= 4 is 15.9 Å². The summed E-state index contributed by atoms with van der Waals surface area (Å²) in [7, 11) is 0. The highest BCUT2D eigenvalue weighted by molar-refractivity contribution is 9.10. The van der Waals surface area contributed by atoms with Gasteiger partial charge in [-0.05, 0) is 37.6 Å². The van der Waals surface area contributed by atoms with Gasteiger partial charge in [-0.2, -0.15) is 0 Å². The molecule has 1 aromatic carbocycles. The van der Waals surface area contributed by atoms with Crippen molar-refractivity contribution in [3.63, 3.8) is 0 Å². The molecule has 0 saturated carbocycles. The molecule has 0 amide bonds. The molecule has 0 radical (unpaired) electrons. The lowest BCUT2D eigenvalue weighted by Gasteiger charge is -2.37. The molecular weight excluding hydrogens is 254 g/mol. The first-order valence-electron chi connectivity index (χ1n) is 5.28. The van der Waals surface area contributed by atoms with Gasteiger partial charge < -0.3 is 10.4 Å². The zero-order valence-electron chi connectivity index (χ0n) is 8.83. The third kappa shape index (κ3) is 2.41. The van der Waals surface area contributed by atoms with Gasteiger partial charge in [-0.1, -0.05) is 28.1 Å². The SMILES string of the molecule is CC1(O)CCNCC1c1ccc(Br)cc1. The maximum Gasteiger partial charge on any atom is 0.0712 e. The molecule has 1 saturated heterocycles. The van der Waals surface area contributed by atoms with Gasteiger partial charge in [0.2, 0.25) is 0 Å². The van der Waals surface area contributed by atoms with Gasteiger partial charge in [0.1, 0.15) is 0 Å². The predicted octanol–water partition coefficient (Wildman–Crippen LogP) is 2.28. The van der Waals surface area contributed by atoms with Crippen molar-refractivity contribution in [3.05, 3.63) is 34.3 Å². The fraction of sp³-hybridized carbons (Fsp3) is 0.500. The monoisotopic (exact) mass is 269 g/mol. The fourth-order valence-electron chi connectivity index (χ4n) is 2.15. The van der Waals surface area contributed by atoms with E-state index in [9.17, 15) is 5.11 Å². The molecule has 2 atom stereocenters. The van der Waals surface area contributed by atoms with Crippen molar-refractivity contribution in [1.29, 1.82) is 0 Å². The quantitative estimate of drug-likeness (QED) is 0.820. The Morgan fingerprint density at radius 3 is 2.67 bits per heavy atom. The molecule has 1 aromatic rings. The van der Waals surface area contributed by atoms with Crippen LogP contribution in [0.15, 0.2) is 28.7 Å². The molecule has 2 unspecified atom stereocenters. The number of nitrogens with one attached hydrogen (secondary N) is 1. The van der Waals surface area contributed by atoms with Crippen LogP contribution in [0, 0.1) is 0 Å². The molecule has 1 fully saturated rings. The van der Waals surface area contributed by atoms with Gasteiger partial charge in [-0.3, -0.25) is 0 Å². The van der Waals surface area contributed by atoms with Gasteiger partial charge in [0, 0.05) is 16.9 Å². The van der Waals surface area contributed by atoms with Crippen LogP contribution in [-0.2, 0) is 0 Å². The number of hydrogen-bond donors (Lipinski definition) is 2. The second-order valence-corrected chi connectivity index (χ2v) is 5.33. The van der Waals surface area contributed by atoms with E-state index in [2.05, 4.69) is 33.4 Å². The van der Waals surface area contributed by atoms with Gasteiger partial charge in [0.05, 0.1) is 5.60 Å². The van der Waals surface area contributed by atoms with Crippen LogP contribution < -0.4 is 5.32 Å². The molecule has 1 aliphatic heterocycles. The van der Waals surface area contributed by atoms with Crippen LogP contribution in [0.5, 0.6) is 0 Å². The van der Waals surface area contributed by atoms with E-state index in [0.717, 1.165) is 24.0 Å². The van der Waals surface area contributed by atoms with Crippen molar-refractivity contribution in [3.8, 4) is 0 Å². The van der Waals surface area contributed by atoms with Crippen LogP contribution >= 0.6 is 15.9 Å². The maximum absolute atomic E-state index is 10.3. The van der Waals surface area contributed by atoms with E-state index >= 15 is 0 Å². The molecule has 1 aliphatic rings. The van der Waals surface area contributed by atoms with E-state index in [0.29, 0.717) is 0 Å². The second-order valence-electron chi connectivity index (χ2n) is 4.42. The number of benzene rings is 1. The van der Waals surface area contributed by atoms with Crippen molar-refractivity contribution in [1.82, 2.24) is 5.32 Å². The summed E-state index contributed by atoms with van der Waals surface area (Å²) in [6, 6.07) is 8.21.